The topological polar surface area (TPSA) is 24.5 Å². The second-order valence-corrected chi connectivity index (χ2v) is 5.33. The monoisotopic (exact) mass is 262 g/mol. The third-order valence-corrected chi connectivity index (χ3v) is 4.03. The summed E-state index contributed by atoms with van der Waals surface area (Å²) in [6, 6.07) is 9.37. The van der Waals surface area contributed by atoms with Gasteiger partial charge in [0.15, 0.2) is 0 Å². The summed E-state index contributed by atoms with van der Waals surface area (Å²) in [6.45, 7) is 7.67. The number of rotatable bonds is 7. The third-order valence-electron chi connectivity index (χ3n) is 4.03. The van der Waals surface area contributed by atoms with Crippen LogP contribution in [0.15, 0.2) is 24.3 Å². The van der Waals surface area contributed by atoms with Crippen LogP contribution >= 0.6 is 0 Å². The molecule has 0 unspecified atom stereocenters. The molecule has 0 aromatic heterocycles. The standard InChI is InChI=1S/C16H26N2O/c1-4-18(5-2)12-13-7-6-8-14(9-13)17-15-10-16(11-15)19-3/h6-9,15-17H,4-5,10-12H2,1-3H3. The average molecular weight is 262 g/mol. The van der Waals surface area contributed by atoms with E-state index < -0.39 is 0 Å². The van der Waals surface area contributed by atoms with Gasteiger partial charge in [-0.2, -0.15) is 0 Å². The minimum Gasteiger partial charge on any atom is -0.382 e. The van der Waals surface area contributed by atoms with E-state index in [1.54, 1.807) is 7.11 Å². The molecule has 0 aliphatic heterocycles. The second kappa shape index (κ2) is 6.92. The Balaban J connectivity index is 1.88. The predicted octanol–water partition coefficient (Wildman–Crippen LogP) is 3.12. The van der Waals surface area contributed by atoms with Crippen molar-refractivity contribution in [2.24, 2.45) is 0 Å². The molecule has 0 radical (unpaired) electrons. The fourth-order valence-electron chi connectivity index (χ4n) is 2.58. The Morgan fingerprint density at radius 2 is 2.00 bits per heavy atom. The molecule has 0 heterocycles. The van der Waals surface area contributed by atoms with E-state index >= 15 is 0 Å². The number of methoxy groups -OCH3 is 1. The molecule has 3 heteroatoms. The lowest BCUT2D eigenvalue weighted by Gasteiger charge is -2.35. The van der Waals surface area contributed by atoms with Crippen LogP contribution in [-0.4, -0.2) is 37.2 Å². The summed E-state index contributed by atoms with van der Waals surface area (Å²) < 4.78 is 5.31. The Labute approximate surface area is 116 Å². The smallest absolute Gasteiger partial charge is 0.0610 e. The van der Waals surface area contributed by atoms with E-state index in [4.69, 9.17) is 4.74 Å². The molecule has 0 spiro atoms. The average Bonchev–Trinajstić information content (AvgIpc) is 2.40. The Morgan fingerprint density at radius 3 is 2.63 bits per heavy atom. The summed E-state index contributed by atoms with van der Waals surface area (Å²) in [7, 11) is 1.80. The minimum absolute atomic E-state index is 0.455. The number of hydrogen-bond donors (Lipinski definition) is 1. The Kier molecular flexibility index (Phi) is 5.23. The summed E-state index contributed by atoms with van der Waals surface area (Å²) in [5.74, 6) is 0. The van der Waals surface area contributed by atoms with Crippen molar-refractivity contribution in [3.63, 3.8) is 0 Å². The van der Waals surface area contributed by atoms with Crippen molar-refractivity contribution < 1.29 is 4.74 Å². The molecule has 19 heavy (non-hydrogen) atoms. The van der Waals surface area contributed by atoms with Crippen LogP contribution in [0.5, 0.6) is 0 Å². The molecule has 3 nitrogen and oxygen atoms in total. The number of nitrogens with zero attached hydrogens (tertiary/aromatic N) is 1. The SMILES string of the molecule is CCN(CC)Cc1cccc(NC2CC(OC)C2)c1. The molecule has 2 rings (SSSR count). The molecular weight excluding hydrogens is 236 g/mol. The molecule has 1 saturated carbocycles. The van der Waals surface area contributed by atoms with Crippen molar-refractivity contribution in [3.8, 4) is 0 Å². The Hall–Kier alpha value is -1.06. The lowest BCUT2D eigenvalue weighted by Crippen LogP contribution is -2.40. The zero-order valence-corrected chi connectivity index (χ0v) is 12.4. The van der Waals surface area contributed by atoms with Crippen molar-refractivity contribution in [3.05, 3.63) is 29.8 Å². The lowest BCUT2D eigenvalue weighted by molar-refractivity contribution is 0.0329. The molecular formula is C16H26N2O. The summed E-state index contributed by atoms with van der Waals surface area (Å²) in [5.41, 5.74) is 2.63. The fraction of sp³-hybridized carbons (Fsp3) is 0.625. The van der Waals surface area contributed by atoms with Gasteiger partial charge in [-0.25, -0.2) is 0 Å². The molecule has 1 fully saturated rings. The molecule has 1 N–H and O–H groups in total. The first-order valence-corrected chi connectivity index (χ1v) is 7.35. The quantitative estimate of drug-likeness (QED) is 0.817. The van der Waals surface area contributed by atoms with Crippen LogP contribution in [0.3, 0.4) is 0 Å². The van der Waals surface area contributed by atoms with E-state index in [0.717, 1.165) is 32.5 Å². The zero-order valence-electron chi connectivity index (χ0n) is 12.4. The first-order chi connectivity index (χ1) is 9.25. The van der Waals surface area contributed by atoms with Gasteiger partial charge in [0.25, 0.3) is 0 Å². The predicted molar refractivity (Wildman–Crippen MR) is 80.5 cm³/mol. The largest absolute Gasteiger partial charge is 0.382 e. The highest BCUT2D eigenvalue weighted by molar-refractivity contribution is 5.47. The van der Waals surface area contributed by atoms with Gasteiger partial charge in [0.2, 0.25) is 0 Å². The van der Waals surface area contributed by atoms with E-state index in [0.29, 0.717) is 12.1 Å². The van der Waals surface area contributed by atoms with Crippen molar-refractivity contribution in [2.75, 3.05) is 25.5 Å². The van der Waals surface area contributed by atoms with Crippen LogP contribution in [0, 0.1) is 0 Å². The summed E-state index contributed by atoms with van der Waals surface area (Å²) >= 11 is 0. The molecule has 1 aromatic carbocycles. The maximum absolute atomic E-state index is 5.31. The highest BCUT2D eigenvalue weighted by atomic mass is 16.5. The molecule has 0 bridgehead atoms. The maximum atomic E-state index is 5.31. The van der Waals surface area contributed by atoms with Crippen LogP contribution < -0.4 is 5.32 Å². The van der Waals surface area contributed by atoms with Gasteiger partial charge in [0, 0.05) is 25.4 Å². The van der Waals surface area contributed by atoms with E-state index in [2.05, 4.69) is 48.3 Å². The molecule has 0 saturated heterocycles. The fourth-order valence-corrected chi connectivity index (χ4v) is 2.58. The number of anilines is 1. The number of nitrogens with one attached hydrogen (secondary N) is 1. The highest BCUT2D eigenvalue weighted by Gasteiger charge is 2.28. The third kappa shape index (κ3) is 3.95. The lowest BCUT2D eigenvalue weighted by atomic mass is 9.89. The van der Waals surface area contributed by atoms with Gasteiger partial charge in [-0.05, 0) is 43.6 Å². The van der Waals surface area contributed by atoms with Crippen LogP contribution in [0.2, 0.25) is 0 Å². The summed E-state index contributed by atoms with van der Waals surface area (Å²) in [4.78, 5) is 2.43. The van der Waals surface area contributed by atoms with Gasteiger partial charge < -0.3 is 10.1 Å². The number of benzene rings is 1. The van der Waals surface area contributed by atoms with Crippen LogP contribution in [0.1, 0.15) is 32.3 Å². The summed E-state index contributed by atoms with van der Waals surface area (Å²) in [5, 5.41) is 3.59. The molecule has 1 aromatic rings. The van der Waals surface area contributed by atoms with Gasteiger partial charge in [0.1, 0.15) is 0 Å². The van der Waals surface area contributed by atoms with Gasteiger partial charge in [-0.15, -0.1) is 0 Å². The second-order valence-electron chi connectivity index (χ2n) is 5.33. The molecule has 106 valence electrons. The first-order valence-electron chi connectivity index (χ1n) is 7.35. The zero-order chi connectivity index (χ0) is 13.7. The first kappa shape index (κ1) is 14.4. The van der Waals surface area contributed by atoms with Gasteiger partial charge in [-0.1, -0.05) is 26.0 Å². The van der Waals surface area contributed by atoms with Crippen LogP contribution in [0.25, 0.3) is 0 Å². The van der Waals surface area contributed by atoms with Crippen molar-refractivity contribution in [1.82, 2.24) is 4.90 Å². The molecule has 1 aliphatic rings. The van der Waals surface area contributed by atoms with Crippen molar-refractivity contribution in [1.29, 1.82) is 0 Å². The van der Waals surface area contributed by atoms with Crippen LogP contribution in [-0.2, 0) is 11.3 Å². The van der Waals surface area contributed by atoms with E-state index in [-0.39, 0.29) is 0 Å². The molecule has 0 atom stereocenters. The Bertz CT molecular complexity index is 384. The van der Waals surface area contributed by atoms with Crippen LogP contribution in [0.4, 0.5) is 5.69 Å². The van der Waals surface area contributed by atoms with E-state index in [9.17, 15) is 0 Å². The highest BCUT2D eigenvalue weighted by Crippen LogP contribution is 2.26. The van der Waals surface area contributed by atoms with E-state index in [1.165, 1.54) is 11.3 Å². The number of hydrogen-bond acceptors (Lipinski definition) is 3. The van der Waals surface area contributed by atoms with E-state index in [1.807, 2.05) is 0 Å². The van der Waals surface area contributed by atoms with Gasteiger partial charge >= 0.3 is 0 Å². The van der Waals surface area contributed by atoms with Crippen molar-refractivity contribution >= 4 is 5.69 Å². The normalized spacial score (nSPS) is 22.3. The minimum atomic E-state index is 0.455. The Morgan fingerprint density at radius 1 is 1.26 bits per heavy atom. The number of ether oxygens (including phenoxy) is 1. The summed E-state index contributed by atoms with van der Waals surface area (Å²) in [6.07, 6.45) is 2.70. The maximum Gasteiger partial charge on any atom is 0.0610 e. The van der Waals surface area contributed by atoms with Gasteiger partial charge in [0.05, 0.1) is 6.10 Å². The van der Waals surface area contributed by atoms with Gasteiger partial charge in [-0.3, -0.25) is 4.90 Å². The van der Waals surface area contributed by atoms with Crippen molar-refractivity contribution in [2.45, 2.75) is 45.4 Å². The molecule has 1 aliphatic carbocycles. The molecule has 0 amide bonds.